The summed E-state index contributed by atoms with van der Waals surface area (Å²) in [6.07, 6.45) is 1.71. The molecule has 0 radical (unpaired) electrons. The molecule has 0 atom stereocenters. The first kappa shape index (κ1) is 22.9. The van der Waals surface area contributed by atoms with Gasteiger partial charge in [0.15, 0.2) is 11.5 Å². The number of benzene rings is 2. The van der Waals surface area contributed by atoms with Gasteiger partial charge in [0.25, 0.3) is 11.1 Å². The van der Waals surface area contributed by atoms with Crippen LogP contribution in [0.15, 0.2) is 50.2 Å². The Bertz CT molecular complexity index is 989. The Hall–Kier alpha value is -1.77. The molecule has 1 saturated heterocycles. The quantitative estimate of drug-likeness (QED) is 0.359. The van der Waals surface area contributed by atoms with Crippen molar-refractivity contribution in [1.82, 2.24) is 4.90 Å². The van der Waals surface area contributed by atoms with E-state index in [1.54, 1.807) is 6.08 Å². The minimum atomic E-state index is -0.273. The largest absolute Gasteiger partial charge is 0.490 e. The maximum atomic E-state index is 12.6. The van der Waals surface area contributed by atoms with E-state index in [-0.39, 0.29) is 17.2 Å². The maximum absolute atomic E-state index is 12.6. The minimum Gasteiger partial charge on any atom is -0.490 e. The summed E-state index contributed by atoms with van der Waals surface area (Å²) in [6, 6.07) is 11.4. The van der Waals surface area contributed by atoms with Gasteiger partial charge in [0.1, 0.15) is 6.61 Å². The van der Waals surface area contributed by atoms with Crippen molar-refractivity contribution < 1.29 is 19.1 Å². The molecule has 30 heavy (non-hydrogen) atoms. The van der Waals surface area contributed by atoms with Crippen molar-refractivity contribution in [2.24, 2.45) is 0 Å². The number of thioether (sulfide) groups is 1. The molecule has 0 N–H and O–H groups in total. The van der Waals surface area contributed by atoms with E-state index in [0.29, 0.717) is 34.1 Å². The molecule has 1 aliphatic heterocycles. The van der Waals surface area contributed by atoms with Crippen molar-refractivity contribution >= 4 is 60.8 Å². The summed E-state index contributed by atoms with van der Waals surface area (Å²) in [5.41, 5.74) is 1.77. The molecular weight excluding hydrogens is 534 g/mol. The highest BCUT2D eigenvalue weighted by Gasteiger charge is 2.36. The summed E-state index contributed by atoms with van der Waals surface area (Å²) in [4.78, 5) is 26.3. The molecule has 0 unspecified atom stereocenters. The Morgan fingerprint density at radius 3 is 2.40 bits per heavy atom. The van der Waals surface area contributed by atoms with Crippen molar-refractivity contribution in [1.29, 1.82) is 0 Å². The molecule has 8 heteroatoms. The molecule has 3 rings (SSSR count). The van der Waals surface area contributed by atoms with E-state index in [1.807, 2.05) is 57.2 Å². The van der Waals surface area contributed by atoms with Crippen LogP contribution in [-0.2, 0) is 11.4 Å². The van der Waals surface area contributed by atoms with Gasteiger partial charge in [0.2, 0.25) is 0 Å². The minimum absolute atomic E-state index is 0.177. The van der Waals surface area contributed by atoms with Crippen LogP contribution in [0.5, 0.6) is 11.5 Å². The van der Waals surface area contributed by atoms with E-state index < -0.39 is 0 Å². The van der Waals surface area contributed by atoms with Crippen molar-refractivity contribution in [2.45, 2.75) is 33.4 Å². The van der Waals surface area contributed by atoms with Gasteiger partial charge >= 0.3 is 0 Å². The maximum Gasteiger partial charge on any atom is 0.293 e. The van der Waals surface area contributed by atoms with Gasteiger partial charge in [-0.3, -0.25) is 14.5 Å². The van der Waals surface area contributed by atoms with Gasteiger partial charge in [-0.25, -0.2) is 0 Å². The predicted octanol–water partition coefficient (Wildman–Crippen LogP) is 6.63. The first-order chi connectivity index (χ1) is 14.3. The van der Waals surface area contributed by atoms with Crippen LogP contribution in [0.25, 0.3) is 6.08 Å². The lowest BCUT2D eigenvalue weighted by Gasteiger charge is -2.16. The zero-order valence-corrected chi connectivity index (χ0v) is 20.8. The monoisotopic (exact) mass is 553 g/mol. The van der Waals surface area contributed by atoms with Crippen LogP contribution in [0, 0.1) is 0 Å². The first-order valence-electron chi connectivity index (χ1n) is 9.40. The first-order valence-corrected chi connectivity index (χ1v) is 11.8. The lowest BCUT2D eigenvalue weighted by Crippen LogP contribution is -2.34. The van der Waals surface area contributed by atoms with E-state index in [1.165, 1.54) is 4.90 Å². The summed E-state index contributed by atoms with van der Waals surface area (Å²) >= 11 is 7.93. The topological polar surface area (TPSA) is 55.8 Å². The molecule has 0 bridgehead atoms. The lowest BCUT2D eigenvalue weighted by molar-refractivity contribution is -0.123. The lowest BCUT2D eigenvalue weighted by atomic mass is 10.1. The SMILES string of the molecule is CCOc1cc(/C=C2/SC(=O)N(C(C)C)C2=O)cc(Br)c1OCc1ccc(Br)cc1. The average Bonchev–Trinajstić information content (AvgIpc) is 2.96. The average molecular weight is 555 g/mol. The van der Waals surface area contributed by atoms with Crippen molar-refractivity contribution in [3.8, 4) is 11.5 Å². The van der Waals surface area contributed by atoms with E-state index in [9.17, 15) is 9.59 Å². The number of nitrogens with zero attached hydrogens (tertiary/aromatic N) is 1. The molecule has 2 aromatic rings. The molecule has 1 fully saturated rings. The van der Waals surface area contributed by atoms with Gasteiger partial charge < -0.3 is 9.47 Å². The predicted molar refractivity (Wildman–Crippen MR) is 127 cm³/mol. The standard InChI is InChI=1S/C22H21Br2NO4S/c1-4-28-18-10-15(11-19-21(26)25(13(2)3)22(27)30-19)9-17(24)20(18)29-12-14-5-7-16(23)8-6-14/h5-11,13H,4,12H2,1-3H3/b19-11+. The smallest absolute Gasteiger partial charge is 0.293 e. The molecule has 1 heterocycles. The number of halogens is 2. The third-order valence-corrected chi connectivity index (χ3v) is 6.27. The number of hydrogen-bond acceptors (Lipinski definition) is 5. The zero-order valence-electron chi connectivity index (χ0n) is 16.8. The molecule has 5 nitrogen and oxygen atoms in total. The Labute approximate surface area is 197 Å². The highest BCUT2D eigenvalue weighted by atomic mass is 79.9. The van der Waals surface area contributed by atoms with Gasteiger partial charge in [-0.2, -0.15) is 0 Å². The summed E-state index contributed by atoms with van der Waals surface area (Å²) < 4.78 is 13.5. The number of imide groups is 1. The summed E-state index contributed by atoms with van der Waals surface area (Å²) in [6.45, 7) is 6.39. The highest BCUT2D eigenvalue weighted by molar-refractivity contribution is 9.10. The van der Waals surface area contributed by atoms with E-state index in [0.717, 1.165) is 27.4 Å². The van der Waals surface area contributed by atoms with Crippen LogP contribution in [0.3, 0.4) is 0 Å². The Morgan fingerprint density at radius 2 is 1.80 bits per heavy atom. The van der Waals surface area contributed by atoms with Crippen LogP contribution in [-0.4, -0.2) is 28.7 Å². The fourth-order valence-electron chi connectivity index (χ4n) is 2.89. The fraction of sp³-hybridized carbons (Fsp3) is 0.273. The molecule has 0 saturated carbocycles. The van der Waals surface area contributed by atoms with Crippen LogP contribution in [0.2, 0.25) is 0 Å². The Kier molecular flexibility index (Phi) is 7.65. The van der Waals surface area contributed by atoms with E-state index in [4.69, 9.17) is 9.47 Å². The number of carbonyl (C=O) groups excluding carboxylic acids is 2. The summed E-state index contributed by atoms with van der Waals surface area (Å²) in [7, 11) is 0. The molecule has 1 aliphatic rings. The van der Waals surface area contributed by atoms with Gasteiger partial charge in [-0.05, 0) is 89.9 Å². The molecule has 0 spiro atoms. The number of rotatable bonds is 7. The van der Waals surface area contributed by atoms with E-state index in [2.05, 4.69) is 31.9 Å². The van der Waals surface area contributed by atoms with Crippen molar-refractivity contribution in [3.05, 3.63) is 61.4 Å². The van der Waals surface area contributed by atoms with Gasteiger partial charge in [0, 0.05) is 10.5 Å². The second kappa shape index (κ2) is 10.0. The molecule has 2 aromatic carbocycles. The van der Waals surface area contributed by atoms with Crippen molar-refractivity contribution in [3.63, 3.8) is 0 Å². The summed E-state index contributed by atoms with van der Waals surface area (Å²) in [5.74, 6) is 0.884. The molecule has 2 amide bonds. The second-order valence-electron chi connectivity index (χ2n) is 6.82. The van der Waals surface area contributed by atoms with Gasteiger partial charge in [-0.15, -0.1) is 0 Å². The van der Waals surface area contributed by atoms with Crippen LogP contribution in [0.4, 0.5) is 4.79 Å². The second-order valence-corrected chi connectivity index (χ2v) is 9.59. The third kappa shape index (κ3) is 5.28. The molecule has 0 aromatic heterocycles. The molecule has 158 valence electrons. The van der Waals surface area contributed by atoms with Gasteiger partial charge in [0.05, 0.1) is 16.0 Å². The molecular formula is C22H21Br2NO4S. The fourth-order valence-corrected chi connectivity index (χ4v) is 4.69. The number of ether oxygens (including phenoxy) is 2. The van der Waals surface area contributed by atoms with Crippen LogP contribution >= 0.6 is 43.6 Å². The normalized spacial score (nSPS) is 15.4. The Morgan fingerprint density at radius 1 is 1.10 bits per heavy atom. The zero-order chi connectivity index (χ0) is 21.8. The van der Waals surface area contributed by atoms with Gasteiger partial charge in [-0.1, -0.05) is 28.1 Å². The summed E-state index contributed by atoms with van der Waals surface area (Å²) in [5, 5.41) is -0.250. The number of amides is 2. The van der Waals surface area contributed by atoms with Crippen molar-refractivity contribution in [2.75, 3.05) is 6.61 Å². The third-order valence-electron chi connectivity index (χ3n) is 4.27. The molecule has 0 aliphatic carbocycles. The van der Waals surface area contributed by atoms with E-state index >= 15 is 0 Å². The number of hydrogen-bond donors (Lipinski definition) is 0. The Balaban J connectivity index is 1.86. The number of carbonyl (C=O) groups is 2. The highest BCUT2D eigenvalue weighted by Crippen LogP contribution is 2.40. The van der Waals surface area contributed by atoms with Crippen LogP contribution in [0.1, 0.15) is 31.9 Å². The van der Waals surface area contributed by atoms with Crippen LogP contribution < -0.4 is 9.47 Å².